The molecule has 1 saturated carbocycles. The van der Waals surface area contributed by atoms with Gasteiger partial charge in [-0.05, 0) is 35.6 Å². The quantitative estimate of drug-likeness (QED) is 0.635. The summed E-state index contributed by atoms with van der Waals surface area (Å²) in [6.07, 6.45) is 3.77. The van der Waals surface area contributed by atoms with Gasteiger partial charge >= 0.3 is 0 Å². The number of benzene rings is 2. The monoisotopic (exact) mass is 380 g/mol. The Morgan fingerprint density at radius 3 is 2.78 bits per heavy atom. The van der Waals surface area contributed by atoms with Crippen molar-refractivity contribution >= 4 is 33.1 Å². The van der Waals surface area contributed by atoms with E-state index in [-0.39, 0.29) is 5.91 Å². The summed E-state index contributed by atoms with van der Waals surface area (Å²) in [6.45, 7) is 3.68. The first-order valence-electron chi connectivity index (χ1n) is 9.56. The van der Waals surface area contributed by atoms with E-state index in [1.807, 2.05) is 6.92 Å². The molecule has 1 aromatic heterocycles. The Morgan fingerprint density at radius 2 is 2.00 bits per heavy atom. The fraction of sp³-hybridized carbons (Fsp3) is 0.381. The van der Waals surface area contributed by atoms with Crippen LogP contribution in [0.3, 0.4) is 0 Å². The second kappa shape index (κ2) is 8.15. The van der Waals surface area contributed by atoms with Crippen molar-refractivity contribution in [2.24, 2.45) is 0 Å². The van der Waals surface area contributed by atoms with Crippen LogP contribution in [0, 0.1) is 0 Å². The molecule has 1 fully saturated rings. The summed E-state index contributed by atoms with van der Waals surface area (Å²) >= 11 is 1.45. The largest absolute Gasteiger partial charge is 0.300 e. The van der Waals surface area contributed by atoms with Crippen LogP contribution in [-0.4, -0.2) is 33.6 Å². The van der Waals surface area contributed by atoms with Crippen LogP contribution in [0.4, 0.5) is 5.13 Å². The topological polar surface area (TPSA) is 58.1 Å². The van der Waals surface area contributed by atoms with Gasteiger partial charge in [-0.2, -0.15) is 0 Å². The van der Waals surface area contributed by atoms with E-state index in [4.69, 9.17) is 0 Å². The summed E-state index contributed by atoms with van der Waals surface area (Å²) in [7, 11) is 0. The smallest absolute Gasteiger partial charge is 0.227 e. The lowest BCUT2D eigenvalue weighted by atomic mass is 10.0. The van der Waals surface area contributed by atoms with Crippen molar-refractivity contribution in [2.45, 2.75) is 45.2 Å². The number of nitrogens with zero attached hydrogens (tertiary/aromatic N) is 3. The van der Waals surface area contributed by atoms with Crippen LogP contribution in [0.5, 0.6) is 0 Å². The van der Waals surface area contributed by atoms with Crippen molar-refractivity contribution in [3.8, 4) is 0 Å². The molecular weight excluding hydrogens is 356 g/mol. The maximum absolute atomic E-state index is 12.3. The standard InChI is InChI=1S/C21H24N4OS/c1-2-20-23-24-21(27-20)22-19(26)12-13-25(17-10-11-17)14-16-8-5-7-15-6-3-4-9-18(15)16/h3-9,17H,2,10-14H2,1H3,(H,22,24,26). The molecule has 4 rings (SSSR count). The van der Waals surface area contributed by atoms with E-state index in [2.05, 4.69) is 62.9 Å². The molecule has 1 aliphatic carbocycles. The predicted molar refractivity (Wildman–Crippen MR) is 110 cm³/mol. The molecule has 0 unspecified atom stereocenters. The molecule has 27 heavy (non-hydrogen) atoms. The van der Waals surface area contributed by atoms with Gasteiger partial charge in [0.05, 0.1) is 0 Å². The highest BCUT2D eigenvalue weighted by Crippen LogP contribution is 2.30. The zero-order valence-corrected chi connectivity index (χ0v) is 16.3. The summed E-state index contributed by atoms with van der Waals surface area (Å²) in [5.41, 5.74) is 1.33. The summed E-state index contributed by atoms with van der Waals surface area (Å²) < 4.78 is 0. The van der Waals surface area contributed by atoms with Crippen molar-refractivity contribution in [1.29, 1.82) is 0 Å². The number of fused-ring (bicyclic) bond motifs is 1. The van der Waals surface area contributed by atoms with Crippen LogP contribution in [0.15, 0.2) is 42.5 Å². The number of aryl methyl sites for hydroxylation is 1. The van der Waals surface area contributed by atoms with E-state index in [0.717, 1.165) is 24.5 Å². The van der Waals surface area contributed by atoms with Gasteiger partial charge in [0, 0.05) is 25.6 Å². The molecule has 3 aromatic rings. The number of amides is 1. The van der Waals surface area contributed by atoms with Gasteiger partial charge in [0.1, 0.15) is 5.01 Å². The Hall–Kier alpha value is -2.31. The zero-order chi connectivity index (χ0) is 18.6. The van der Waals surface area contributed by atoms with Gasteiger partial charge in [-0.3, -0.25) is 9.69 Å². The fourth-order valence-corrected chi connectivity index (χ4v) is 4.05. The molecule has 1 amide bonds. The molecule has 1 N–H and O–H groups in total. The molecular formula is C21H24N4OS. The first-order chi connectivity index (χ1) is 13.2. The number of carbonyl (C=O) groups excluding carboxylic acids is 1. The SMILES string of the molecule is CCc1nnc(NC(=O)CCN(Cc2cccc3ccccc23)C2CC2)s1. The molecule has 0 spiro atoms. The number of carbonyl (C=O) groups is 1. The third-order valence-electron chi connectivity index (χ3n) is 4.96. The van der Waals surface area contributed by atoms with Crippen molar-refractivity contribution in [2.75, 3.05) is 11.9 Å². The highest BCUT2D eigenvalue weighted by Gasteiger charge is 2.29. The Kier molecular flexibility index (Phi) is 5.45. The van der Waals surface area contributed by atoms with Gasteiger partial charge in [-0.25, -0.2) is 0 Å². The van der Waals surface area contributed by atoms with Gasteiger partial charge in [-0.1, -0.05) is 60.7 Å². The summed E-state index contributed by atoms with van der Waals surface area (Å²) in [5.74, 6) is 0.0115. The highest BCUT2D eigenvalue weighted by molar-refractivity contribution is 7.15. The van der Waals surface area contributed by atoms with Gasteiger partial charge in [0.25, 0.3) is 0 Å². The maximum Gasteiger partial charge on any atom is 0.227 e. The van der Waals surface area contributed by atoms with E-state index < -0.39 is 0 Å². The summed E-state index contributed by atoms with van der Waals surface area (Å²) in [4.78, 5) is 14.8. The molecule has 0 radical (unpaired) electrons. The molecule has 0 aliphatic heterocycles. The molecule has 1 heterocycles. The van der Waals surface area contributed by atoms with Crippen LogP contribution < -0.4 is 5.32 Å². The minimum atomic E-state index is 0.0115. The van der Waals surface area contributed by atoms with Crippen LogP contribution in [0.1, 0.15) is 36.8 Å². The average molecular weight is 381 g/mol. The van der Waals surface area contributed by atoms with Gasteiger partial charge in [-0.15, -0.1) is 10.2 Å². The lowest BCUT2D eigenvalue weighted by Crippen LogP contribution is -2.29. The molecule has 6 heteroatoms. The maximum atomic E-state index is 12.3. The molecule has 0 bridgehead atoms. The van der Waals surface area contributed by atoms with E-state index in [1.165, 1.54) is 40.5 Å². The second-order valence-electron chi connectivity index (χ2n) is 6.99. The second-order valence-corrected chi connectivity index (χ2v) is 8.05. The Bertz CT molecular complexity index is 929. The third kappa shape index (κ3) is 4.51. The first kappa shape index (κ1) is 18.1. The fourth-order valence-electron chi connectivity index (χ4n) is 3.35. The van der Waals surface area contributed by atoms with E-state index in [9.17, 15) is 4.79 Å². The third-order valence-corrected chi connectivity index (χ3v) is 5.94. The Balaban J connectivity index is 1.39. The summed E-state index contributed by atoms with van der Waals surface area (Å²) in [6, 6.07) is 15.6. The van der Waals surface area contributed by atoms with Crippen molar-refractivity contribution in [3.63, 3.8) is 0 Å². The number of aromatic nitrogens is 2. The minimum Gasteiger partial charge on any atom is -0.300 e. The average Bonchev–Trinajstić information content (AvgIpc) is 3.44. The number of anilines is 1. The predicted octanol–water partition coefficient (Wildman–Crippen LogP) is 4.25. The van der Waals surface area contributed by atoms with E-state index in [1.54, 1.807) is 0 Å². The van der Waals surface area contributed by atoms with E-state index >= 15 is 0 Å². The van der Waals surface area contributed by atoms with Crippen LogP contribution in [0.2, 0.25) is 0 Å². The highest BCUT2D eigenvalue weighted by atomic mass is 32.1. The van der Waals surface area contributed by atoms with Gasteiger partial charge < -0.3 is 5.32 Å². The molecule has 0 atom stereocenters. The van der Waals surface area contributed by atoms with Crippen molar-refractivity contribution < 1.29 is 4.79 Å². The van der Waals surface area contributed by atoms with Crippen LogP contribution in [-0.2, 0) is 17.8 Å². The van der Waals surface area contributed by atoms with Crippen molar-refractivity contribution in [3.05, 3.63) is 53.0 Å². The number of nitrogens with one attached hydrogen (secondary N) is 1. The number of rotatable bonds is 8. The van der Waals surface area contributed by atoms with Crippen molar-refractivity contribution in [1.82, 2.24) is 15.1 Å². The normalized spacial score (nSPS) is 14.0. The van der Waals surface area contributed by atoms with Crippen LogP contribution in [0.25, 0.3) is 10.8 Å². The number of hydrogen-bond acceptors (Lipinski definition) is 5. The van der Waals surface area contributed by atoms with E-state index in [0.29, 0.717) is 17.6 Å². The van der Waals surface area contributed by atoms with Crippen LogP contribution >= 0.6 is 11.3 Å². The number of hydrogen-bond donors (Lipinski definition) is 1. The Labute approximate surface area is 163 Å². The lowest BCUT2D eigenvalue weighted by Gasteiger charge is -2.22. The molecule has 140 valence electrons. The minimum absolute atomic E-state index is 0.0115. The molecule has 2 aromatic carbocycles. The van der Waals surface area contributed by atoms with Gasteiger partial charge in [0.15, 0.2) is 0 Å². The molecule has 0 saturated heterocycles. The molecule has 5 nitrogen and oxygen atoms in total. The lowest BCUT2D eigenvalue weighted by molar-refractivity contribution is -0.116. The van der Waals surface area contributed by atoms with Gasteiger partial charge in [0.2, 0.25) is 11.0 Å². The zero-order valence-electron chi connectivity index (χ0n) is 15.5. The molecule has 1 aliphatic rings. The summed E-state index contributed by atoms with van der Waals surface area (Å²) in [5, 5.41) is 15.1. The Morgan fingerprint density at radius 1 is 1.19 bits per heavy atom. The first-order valence-corrected chi connectivity index (χ1v) is 10.4.